The van der Waals surface area contributed by atoms with Gasteiger partial charge in [0.25, 0.3) is 0 Å². The van der Waals surface area contributed by atoms with E-state index >= 15 is 0 Å². The number of benzene rings is 2. The number of Topliss-reactive ketones (excluding diaryl/α,β-unsaturated/α-hetero) is 1. The lowest BCUT2D eigenvalue weighted by atomic mass is 10.0. The first-order chi connectivity index (χ1) is 8.69. The van der Waals surface area contributed by atoms with E-state index < -0.39 is 0 Å². The van der Waals surface area contributed by atoms with Gasteiger partial charge in [0, 0.05) is 12.0 Å². The van der Waals surface area contributed by atoms with E-state index in [0.717, 1.165) is 0 Å². The van der Waals surface area contributed by atoms with Crippen molar-refractivity contribution in [3.05, 3.63) is 65.5 Å². The summed E-state index contributed by atoms with van der Waals surface area (Å²) in [5.41, 5.74) is 1.27. The zero-order valence-electron chi connectivity index (χ0n) is 10.0. The summed E-state index contributed by atoms with van der Waals surface area (Å²) >= 11 is 0. The van der Waals surface area contributed by atoms with Crippen LogP contribution in [-0.2, 0) is 6.42 Å². The molecule has 0 aliphatic carbocycles. The third-order valence-corrected chi connectivity index (χ3v) is 2.67. The molecular formula is C15H13FO2. The van der Waals surface area contributed by atoms with Crippen molar-refractivity contribution in [3.63, 3.8) is 0 Å². The summed E-state index contributed by atoms with van der Waals surface area (Å²) < 4.78 is 18.0. The second-order valence-electron chi connectivity index (χ2n) is 3.96. The summed E-state index contributed by atoms with van der Waals surface area (Å²) in [5.74, 6) is 0.343. The molecule has 2 aromatic carbocycles. The molecule has 0 N–H and O–H groups in total. The van der Waals surface area contributed by atoms with Crippen LogP contribution in [-0.4, -0.2) is 12.9 Å². The first kappa shape index (κ1) is 12.3. The maximum absolute atomic E-state index is 13.0. The SMILES string of the molecule is COc1ccc(C(=O)Cc2cccc(F)c2)cc1. The van der Waals surface area contributed by atoms with Gasteiger partial charge in [-0.1, -0.05) is 12.1 Å². The first-order valence-corrected chi connectivity index (χ1v) is 5.61. The summed E-state index contributed by atoms with van der Waals surface area (Å²) in [5, 5.41) is 0. The highest BCUT2D eigenvalue weighted by Crippen LogP contribution is 2.14. The van der Waals surface area contributed by atoms with Crippen molar-refractivity contribution in [3.8, 4) is 5.75 Å². The smallest absolute Gasteiger partial charge is 0.167 e. The zero-order valence-corrected chi connectivity index (χ0v) is 10.0. The Bertz CT molecular complexity index is 547. The summed E-state index contributed by atoms with van der Waals surface area (Å²) in [4.78, 5) is 12.0. The van der Waals surface area contributed by atoms with Crippen LogP contribution >= 0.6 is 0 Å². The van der Waals surface area contributed by atoms with Gasteiger partial charge in [0.15, 0.2) is 5.78 Å². The van der Waals surface area contributed by atoms with Crippen LogP contribution in [0.15, 0.2) is 48.5 Å². The summed E-state index contributed by atoms with van der Waals surface area (Å²) in [7, 11) is 1.57. The van der Waals surface area contributed by atoms with Crippen molar-refractivity contribution >= 4 is 5.78 Å². The summed E-state index contributed by atoms with van der Waals surface area (Å²) in [6.07, 6.45) is 0.199. The van der Waals surface area contributed by atoms with E-state index in [4.69, 9.17) is 4.74 Å². The molecule has 0 amide bonds. The van der Waals surface area contributed by atoms with Crippen LogP contribution in [0.25, 0.3) is 0 Å². The predicted molar refractivity (Wildman–Crippen MR) is 67.4 cm³/mol. The highest BCUT2D eigenvalue weighted by Gasteiger charge is 2.07. The topological polar surface area (TPSA) is 26.3 Å². The Labute approximate surface area is 105 Å². The minimum absolute atomic E-state index is 0.0387. The monoisotopic (exact) mass is 244 g/mol. The van der Waals surface area contributed by atoms with E-state index in [0.29, 0.717) is 16.9 Å². The number of hydrogen-bond donors (Lipinski definition) is 0. The lowest BCUT2D eigenvalue weighted by Crippen LogP contribution is -2.03. The molecule has 0 aliphatic heterocycles. The molecule has 18 heavy (non-hydrogen) atoms. The van der Waals surface area contributed by atoms with Crippen LogP contribution in [0.1, 0.15) is 15.9 Å². The highest BCUT2D eigenvalue weighted by atomic mass is 19.1. The van der Waals surface area contributed by atoms with Crippen LogP contribution in [0.2, 0.25) is 0 Å². The van der Waals surface area contributed by atoms with Gasteiger partial charge in [-0.25, -0.2) is 4.39 Å². The molecular weight excluding hydrogens is 231 g/mol. The van der Waals surface area contributed by atoms with Crippen LogP contribution < -0.4 is 4.74 Å². The molecule has 0 atom stereocenters. The van der Waals surface area contributed by atoms with Crippen LogP contribution in [0.3, 0.4) is 0 Å². The van der Waals surface area contributed by atoms with Crippen LogP contribution in [0.5, 0.6) is 5.75 Å². The van der Waals surface area contributed by atoms with Crippen molar-refractivity contribution in [2.45, 2.75) is 6.42 Å². The molecule has 2 rings (SSSR count). The maximum atomic E-state index is 13.0. The Morgan fingerprint density at radius 2 is 1.89 bits per heavy atom. The Kier molecular flexibility index (Phi) is 3.72. The predicted octanol–water partition coefficient (Wildman–Crippen LogP) is 3.26. The highest BCUT2D eigenvalue weighted by molar-refractivity contribution is 5.97. The number of methoxy groups -OCH3 is 1. The number of halogens is 1. The molecule has 0 heterocycles. The average molecular weight is 244 g/mol. The van der Waals surface area contributed by atoms with E-state index in [1.54, 1.807) is 43.5 Å². The normalized spacial score (nSPS) is 10.1. The second kappa shape index (κ2) is 5.45. The van der Waals surface area contributed by atoms with Gasteiger partial charge in [-0.15, -0.1) is 0 Å². The van der Waals surface area contributed by atoms with Gasteiger partial charge in [-0.2, -0.15) is 0 Å². The summed E-state index contributed by atoms with van der Waals surface area (Å²) in [6, 6.07) is 13.0. The fraction of sp³-hybridized carbons (Fsp3) is 0.133. The number of hydrogen-bond acceptors (Lipinski definition) is 2. The van der Waals surface area contributed by atoms with Gasteiger partial charge in [-0.05, 0) is 42.0 Å². The van der Waals surface area contributed by atoms with E-state index in [1.807, 2.05) is 0 Å². The Hall–Kier alpha value is -2.16. The maximum Gasteiger partial charge on any atom is 0.167 e. The largest absolute Gasteiger partial charge is 0.497 e. The molecule has 0 radical (unpaired) electrons. The molecule has 0 aliphatic rings. The van der Waals surface area contributed by atoms with E-state index in [1.165, 1.54) is 12.1 Å². The molecule has 92 valence electrons. The first-order valence-electron chi connectivity index (χ1n) is 5.61. The van der Waals surface area contributed by atoms with Gasteiger partial charge >= 0.3 is 0 Å². The lowest BCUT2D eigenvalue weighted by molar-refractivity contribution is 0.0993. The average Bonchev–Trinajstić information content (AvgIpc) is 2.39. The lowest BCUT2D eigenvalue weighted by Gasteiger charge is -2.03. The van der Waals surface area contributed by atoms with Crippen molar-refractivity contribution < 1.29 is 13.9 Å². The van der Waals surface area contributed by atoms with Gasteiger partial charge < -0.3 is 4.74 Å². The Morgan fingerprint density at radius 1 is 1.17 bits per heavy atom. The van der Waals surface area contributed by atoms with Gasteiger partial charge in [0.1, 0.15) is 11.6 Å². The van der Waals surface area contributed by atoms with Gasteiger partial charge in [0.05, 0.1) is 7.11 Å². The number of carbonyl (C=O) groups is 1. The van der Waals surface area contributed by atoms with Crippen molar-refractivity contribution in [2.24, 2.45) is 0 Å². The van der Waals surface area contributed by atoms with Gasteiger partial charge in [-0.3, -0.25) is 4.79 Å². The molecule has 2 nitrogen and oxygen atoms in total. The zero-order chi connectivity index (χ0) is 13.0. The Morgan fingerprint density at radius 3 is 2.50 bits per heavy atom. The van der Waals surface area contributed by atoms with Crippen molar-refractivity contribution in [1.82, 2.24) is 0 Å². The quantitative estimate of drug-likeness (QED) is 0.772. The molecule has 2 aromatic rings. The molecule has 0 saturated heterocycles. The fourth-order valence-electron chi connectivity index (χ4n) is 1.71. The van der Waals surface area contributed by atoms with Crippen molar-refractivity contribution in [1.29, 1.82) is 0 Å². The molecule has 3 heteroatoms. The third-order valence-electron chi connectivity index (χ3n) is 2.67. The van der Waals surface area contributed by atoms with E-state index in [9.17, 15) is 9.18 Å². The third kappa shape index (κ3) is 2.94. The standard InChI is InChI=1S/C15H13FO2/c1-18-14-7-5-12(6-8-14)15(17)10-11-3-2-4-13(16)9-11/h2-9H,10H2,1H3. The number of ketones is 1. The summed E-state index contributed by atoms with van der Waals surface area (Å²) in [6.45, 7) is 0. The minimum atomic E-state index is -0.324. The van der Waals surface area contributed by atoms with E-state index in [2.05, 4.69) is 0 Å². The molecule has 0 aromatic heterocycles. The molecule has 0 fully saturated rings. The number of ether oxygens (including phenoxy) is 1. The Balaban J connectivity index is 2.11. The number of rotatable bonds is 4. The van der Waals surface area contributed by atoms with Gasteiger partial charge in [0.2, 0.25) is 0 Å². The minimum Gasteiger partial charge on any atom is -0.497 e. The molecule has 0 spiro atoms. The second-order valence-corrected chi connectivity index (χ2v) is 3.96. The van der Waals surface area contributed by atoms with E-state index in [-0.39, 0.29) is 18.0 Å². The fourth-order valence-corrected chi connectivity index (χ4v) is 1.71. The van der Waals surface area contributed by atoms with Crippen LogP contribution in [0, 0.1) is 5.82 Å². The number of carbonyl (C=O) groups excluding carboxylic acids is 1. The van der Waals surface area contributed by atoms with Crippen molar-refractivity contribution in [2.75, 3.05) is 7.11 Å². The molecule has 0 unspecified atom stereocenters. The van der Waals surface area contributed by atoms with Crippen LogP contribution in [0.4, 0.5) is 4.39 Å². The molecule has 0 saturated carbocycles. The molecule has 0 bridgehead atoms.